The second-order valence-electron chi connectivity index (χ2n) is 21.1. The van der Waals surface area contributed by atoms with Crippen LogP contribution >= 0.6 is 0 Å². The SMILES string of the molecule is CCC[C@@H]1NC(=O)[C@H](CCN)NC(=O)[C@H](CC(C)C)CC(=O)[C@@H](Cc2ccccc2)NC(=O)[C@H](CCN)NC(=O)[C@@H](NC(=O)[C@@H](CCN)NC(=O)C[C@H](O)CCCC[C@@H](C)CC)CCNC(=O)[C@H](CC(C)C)NC1=O. The molecule has 1 aromatic rings. The molecular weight excluding hydrogens is 963 g/mol. The number of carbonyl (C=O) groups excluding carboxylic acids is 9. The van der Waals surface area contributed by atoms with Crippen LogP contribution in [0, 0.1) is 23.7 Å². The van der Waals surface area contributed by atoms with Gasteiger partial charge in [-0.3, -0.25) is 43.2 Å². The number of aliphatic hydroxyl groups is 1. The zero-order valence-corrected chi connectivity index (χ0v) is 45.8. The number of benzene rings is 1. The minimum atomic E-state index is -1.44. The van der Waals surface area contributed by atoms with Gasteiger partial charge in [0.15, 0.2) is 5.78 Å². The van der Waals surface area contributed by atoms with Crippen molar-refractivity contribution in [2.24, 2.45) is 40.9 Å². The Kier molecular flexibility index (Phi) is 31.2. The van der Waals surface area contributed by atoms with E-state index >= 15 is 0 Å². The highest BCUT2D eigenvalue weighted by molar-refractivity contribution is 5.98. The maximum Gasteiger partial charge on any atom is 0.243 e. The summed E-state index contributed by atoms with van der Waals surface area (Å²) >= 11 is 0. The van der Waals surface area contributed by atoms with E-state index in [4.69, 9.17) is 17.2 Å². The second kappa shape index (κ2) is 35.7. The molecule has 8 amide bonds. The molecule has 1 aromatic carbocycles. The Bertz CT molecular complexity index is 1960. The Balaban J connectivity index is 2.67. The molecule has 1 heterocycles. The molecule has 10 atom stereocenters. The van der Waals surface area contributed by atoms with E-state index in [0.717, 1.165) is 25.7 Å². The highest BCUT2D eigenvalue weighted by Gasteiger charge is 2.36. The number of aliphatic hydroxyl groups excluding tert-OH is 1. The number of amides is 8. The number of carbonyl (C=O) groups is 9. The van der Waals surface area contributed by atoms with Gasteiger partial charge in [-0.15, -0.1) is 0 Å². The van der Waals surface area contributed by atoms with Gasteiger partial charge in [-0.25, -0.2) is 0 Å². The van der Waals surface area contributed by atoms with Crippen molar-refractivity contribution in [2.75, 3.05) is 26.2 Å². The van der Waals surface area contributed by atoms with Gasteiger partial charge in [0, 0.05) is 18.9 Å². The van der Waals surface area contributed by atoms with Crippen LogP contribution in [0.25, 0.3) is 0 Å². The van der Waals surface area contributed by atoms with Crippen molar-refractivity contribution in [3.63, 3.8) is 0 Å². The third-order valence-corrected chi connectivity index (χ3v) is 13.4. The minimum Gasteiger partial charge on any atom is -0.393 e. The number of hydrogen-bond acceptors (Lipinski definition) is 13. The molecule has 2 rings (SSSR count). The summed E-state index contributed by atoms with van der Waals surface area (Å²) in [5, 5.41) is 32.5. The van der Waals surface area contributed by atoms with Gasteiger partial charge < -0.3 is 64.8 Å². The summed E-state index contributed by atoms with van der Waals surface area (Å²) in [6.45, 7) is 13.2. The van der Waals surface area contributed by atoms with Gasteiger partial charge in [-0.1, -0.05) is 111 Å². The van der Waals surface area contributed by atoms with Crippen molar-refractivity contribution in [3.8, 4) is 0 Å². The quantitative estimate of drug-likeness (QED) is 0.0610. The topological polar surface area (TPSA) is 348 Å². The van der Waals surface area contributed by atoms with Gasteiger partial charge in [0.25, 0.3) is 0 Å². The lowest BCUT2D eigenvalue weighted by Crippen LogP contribution is -2.59. The molecule has 21 heteroatoms. The molecule has 15 N–H and O–H groups in total. The molecule has 0 spiro atoms. The number of ketones is 1. The molecule has 1 saturated heterocycles. The summed E-state index contributed by atoms with van der Waals surface area (Å²) in [6.07, 6.45) is 3.22. The minimum absolute atomic E-state index is 0.00158. The van der Waals surface area contributed by atoms with Gasteiger partial charge in [0.05, 0.1) is 18.6 Å². The van der Waals surface area contributed by atoms with Crippen LogP contribution in [-0.2, 0) is 49.6 Å². The molecule has 1 fully saturated rings. The van der Waals surface area contributed by atoms with Crippen LogP contribution in [0.4, 0.5) is 0 Å². The van der Waals surface area contributed by atoms with E-state index in [0.29, 0.717) is 24.3 Å². The smallest absolute Gasteiger partial charge is 0.243 e. The van der Waals surface area contributed by atoms with Crippen LogP contribution in [0.5, 0.6) is 0 Å². The number of unbranched alkanes of at least 4 members (excludes halogenated alkanes) is 1. The van der Waals surface area contributed by atoms with E-state index in [1.807, 2.05) is 34.6 Å². The molecule has 1 aliphatic heterocycles. The summed E-state index contributed by atoms with van der Waals surface area (Å²) < 4.78 is 0. The standard InChI is InChI=1S/C54H93N11O10/c1-8-15-39-50(71)65-45(29-34(5)6)49(70)58-27-23-43(63-51(72)40(20-24-55)59-47(68)32-38(66)19-14-13-16-35(7)9-2)54(75)62-42(22-26-57)53(74)64-44(30-36-17-11-10-12-18-36)46(67)31-37(28-33(3)4)48(69)60-41(21-25-56)52(73)61-39/h10-12,17-18,33-35,37-45,66H,8-9,13-16,19-32,55-57H2,1-7H3,(H,58,70)(H,59,68)(H,60,69)(H,61,73)(H,62,75)(H,63,72)(H,64,74)(H,65,71)/t35-,37+,38+,39-,40+,41-,42-,43-,44+,45-/m0/s1. The van der Waals surface area contributed by atoms with E-state index in [-0.39, 0.29) is 102 Å². The Labute approximate surface area is 445 Å². The Morgan fingerprint density at radius 3 is 1.76 bits per heavy atom. The summed E-state index contributed by atoms with van der Waals surface area (Å²) in [6, 6.07) is 0.264. The third kappa shape index (κ3) is 25.3. The lowest BCUT2D eigenvalue weighted by Gasteiger charge is -2.27. The van der Waals surface area contributed by atoms with Crippen molar-refractivity contribution in [3.05, 3.63) is 35.9 Å². The number of hydrogen-bond donors (Lipinski definition) is 12. The van der Waals surface area contributed by atoms with Gasteiger partial charge in [0.2, 0.25) is 47.3 Å². The van der Waals surface area contributed by atoms with E-state index in [2.05, 4.69) is 56.4 Å². The fourth-order valence-electron chi connectivity index (χ4n) is 8.93. The van der Waals surface area contributed by atoms with Crippen LogP contribution in [0.2, 0.25) is 0 Å². The first-order valence-corrected chi connectivity index (χ1v) is 27.4. The summed E-state index contributed by atoms with van der Waals surface area (Å²) in [7, 11) is 0. The van der Waals surface area contributed by atoms with Gasteiger partial charge in [0.1, 0.15) is 36.3 Å². The molecule has 0 radical (unpaired) electrons. The predicted molar refractivity (Wildman–Crippen MR) is 288 cm³/mol. The second-order valence-corrected chi connectivity index (χ2v) is 21.1. The average Bonchev–Trinajstić information content (AvgIpc) is 3.35. The van der Waals surface area contributed by atoms with Crippen molar-refractivity contribution in [1.29, 1.82) is 0 Å². The third-order valence-electron chi connectivity index (χ3n) is 13.4. The van der Waals surface area contributed by atoms with Gasteiger partial charge >= 0.3 is 0 Å². The number of nitrogens with two attached hydrogens (primary N) is 3. The molecule has 21 nitrogen and oxygen atoms in total. The maximum absolute atomic E-state index is 14.5. The van der Waals surface area contributed by atoms with Crippen molar-refractivity contribution in [1.82, 2.24) is 42.5 Å². The fraction of sp³-hybridized carbons (Fsp3) is 0.722. The summed E-state index contributed by atoms with van der Waals surface area (Å²) in [5.41, 5.74) is 18.5. The van der Waals surface area contributed by atoms with Crippen LogP contribution in [0.1, 0.15) is 150 Å². The first kappa shape index (κ1) is 65.6. The van der Waals surface area contributed by atoms with Crippen LogP contribution in [0.15, 0.2) is 30.3 Å². The predicted octanol–water partition coefficient (Wildman–Crippen LogP) is 1.01. The number of Topliss-reactive ketones (excluding diaryl/α,β-unsaturated/α-hetero) is 1. The van der Waals surface area contributed by atoms with E-state index in [9.17, 15) is 48.3 Å². The largest absolute Gasteiger partial charge is 0.393 e. The molecule has 75 heavy (non-hydrogen) atoms. The Morgan fingerprint density at radius 1 is 0.653 bits per heavy atom. The molecular formula is C54H93N11O10. The average molecular weight is 1060 g/mol. The van der Waals surface area contributed by atoms with Gasteiger partial charge in [-0.2, -0.15) is 0 Å². The summed E-state index contributed by atoms with van der Waals surface area (Å²) in [4.78, 5) is 127. The van der Waals surface area contributed by atoms with Crippen LogP contribution in [0.3, 0.4) is 0 Å². The van der Waals surface area contributed by atoms with E-state index < -0.39 is 107 Å². The van der Waals surface area contributed by atoms with Crippen molar-refractivity contribution in [2.45, 2.75) is 200 Å². The monoisotopic (exact) mass is 1060 g/mol. The van der Waals surface area contributed by atoms with Crippen molar-refractivity contribution < 1.29 is 48.3 Å². The molecule has 424 valence electrons. The normalized spacial score (nSPS) is 23.4. The molecule has 0 aliphatic carbocycles. The lowest BCUT2D eigenvalue weighted by molar-refractivity contribution is -0.136. The zero-order chi connectivity index (χ0) is 56.0. The number of nitrogens with one attached hydrogen (secondary N) is 8. The first-order valence-electron chi connectivity index (χ1n) is 27.4. The highest BCUT2D eigenvalue weighted by Crippen LogP contribution is 2.20. The lowest BCUT2D eigenvalue weighted by atomic mass is 9.88. The number of rotatable bonds is 25. The zero-order valence-electron chi connectivity index (χ0n) is 45.8. The molecule has 1 aliphatic rings. The fourth-order valence-corrected chi connectivity index (χ4v) is 8.93. The summed E-state index contributed by atoms with van der Waals surface area (Å²) in [5.74, 6) is -6.66. The van der Waals surface area contributed by atoms with Crippen LogP contribution in [-0.4, -0.2) is 133 Å². The van der Waals surface area contributed by atoms with Gasteiger partial charge in [-0.05, 0) is 101 Å². The first-order chi connectivity index (χ1) is 35.7. The Hall–Kier alpha value is -5.51. The molecule has 0 unspecified atom stereocenters. The molecule has 0 bridgehead atoms. The molecule has 0 aromatic heterocycles. The van der Waals surface area contributed by atoms with Crippen molar-refractivity contribution >= 4 is 53.0 Å². The van der Waals surface area contributed by atoms with Crippen LogP contribution < -0.4 is 59.7 Å². The van der Waals surface area contributed by atoms with E-state index in [1.165, 1.54) is 0 Å². The maximum atomic E-state index is 14.5. The highest BCUT2D eigenvalue weighted by atomic mass is 16.3. The Morgan fingerprint density at radius 2 is 1.20 bits per heavy atom. The van der Waals surface area contributed by atoms with E-state index in [1.54, 1.807) is 30.3 Å². The molecule has 0 saturated carbocycles.